The molecule has 0 aromatic heterocycles. The summed E-state index contributed by atoms with van der Waals surface area (Å²) in [6.45, 7) is 6.02. The number of rotatable bonds is 9. The van der Waals surface area contributed by atoms with E-state index in [-0.39, 0.29) is 5.97 Å². The van der Waals surface area contributed by atoms with Crippen molar-refractivity contribution >= 4 is 5.97 Å². The lowest BCUT2D eigenvalue weighted by Crippen LogP contribution is -2.08. The zero-order valence-corrected chi connectivity index (χ0v) is 16.1. The molecule has 0 amide bonds. The van der Waals surface area contributed by atoms with E-state index in [1.165, 1.54) is 0 Å². The van der Waals surface area contributed by atoms with Gasteiger partial charge in [-0.25, -0.2) is 4.79 Å². The highest BCUT2D eigenvalue weighted by molar-refractivity contribution is 5.87. The van der Waals surface area contributed by atoms with Crippen LogP contribution in [0.1, 0.15) is 31.4 Å². The van der Waals surface area contributed by atoms with Gasteiger partial charge < -0.3 is 23.7 Å². The van der Waals surface area contributed by atoms with Gasteiger partial charge in [0.15, 0.2) is 11.5 Å². The van der Waals surface area contributed by atoms with Crippen LogP contribution in [0, 0.1) is 6.92 Å². The molecule has 0 unspecified atom stereocenters. The van der Waals surface area contributed by atoms with E-state index in [1.54, 1.807) is 35.4 Å². The Morgan fingerprint density at radius 2 is 1.44 bits per heavy atom. The summed E-state index contributed by atoms with van der Waals surface area (Å²) < 4.78 is 27.1. The maximum atomic E-state index is 11.9. The minimum absolute atomic E-state index is 0.314. The van der Waals surface area contributed by atoms with Crippen molar-refractivity contribution in [3.63, 3.8) is 0 Å². The summed E-state index contributed by atoms with van der Waals surface area (Å²) in [6.07, 6.45) is 3.08. The van der Waals surface area contributed by atoms with Crippen LogP contribution in [0.2, 0.25) is 0 Å². The first-order valence-corrected chi connectivity index (χ1v) is 8.15. The Kier molecular flexibility index (Phi) is 8.11. The average molecular weight is 352 g/mol. The second-order valence-corrected chi connectivity index (χ2v) is 5.46. The predicted molar refractivity (Wildman–Crippen MR) is 96.1 cm³/mol. The Morgan fingerprint density at radius 3 is 1.92 bits per heavy atom. The summed E-state index contributed by atoms with van der Waals surface area (Å²) in [4.78, 5) is 11.9. The van der Waals surface area contributed by atoms with E-state index in [0.717, 1.165) is 17.5 Å². The first kappa shape index (κ1) is 20.7. The fourth-order valence-corrected chi connectivity index (χ4v) is 2.55. The van der Waals surface area contributed by atoms with Crippen molar-refractivity contribution in [2.24, 2.45) is 0 Å². The molecular formula is C19H28O6. The molecule has 1 aromatic carbocycles. The largest absolute Gasteiger partial charge is 0.492 e. The third-order valence-electron chi connectivity index (χ3n) is 3.87. The number of ether oxygens (including phenoxy) is 5. The van der Waals surface area contributed by atoms with Crippen molar-refractivity contribution in [3.8, 4) is 23.0 Å². The zero-order chi connectivity index (χ0) is 19.0. The van der Waals surface area contributed by atoms with Gasteiger partial charge in [0.05, 0.1) is 35.0 Å². The van der Waals surface area contributed by atoms with Crippen LogP contribution in [0.25, 0.3) is 0 Å². The highest BCUT2D eigenvalue weighted by atomic mass is 16.5. The lowest BCUT2D eigenvalue weighted by Gasteiger charge is -2.21. The van der Waals surface area contributed by atoms with Gasteiger partial charge in [-0.3, -0.25) is 0 Å². The molecule has 6 heteroatoms. The maximum Gasteiger partial charge on any atom is 0.333 e. The minimum Gasteiger partial charge on any atom is -0.492 e. The normalized spacial score (nSPS) is 11.1. The number of hydrogen-bond acceptors (Lipinski definition) is 6. The minimum atomic E-state index is -0.314. The van der Waals surface area contributed by atoms with Crippen LogP contribution in [-0.4, -0.2) is 41.0 Å². The molecule has 1 aromatic rings. The summed E-state index contributed by atoms with van der Waals surface area (Å²) in [5, 5.41) is 0. The highest BCUT2D eigenvalue weighted by Crippen LogP contribution is 2.49. The Bertz CT molecular complexity index is 634. The first-order valence-electron chi connectivity index (χ1n) is 8.15. The Morgan fingerprint density at radius 1 is 0.920 bits per heavy atom. The molecule has 0 fully saturated rings. The second kappa shape index (κ2) is 9.81. The van der Waals surface area contributed by atoms with Crippen molar-refractivity contribution in [1.29, 1.82) is 0 Å². The lowest BCUT2D eigenvalue weighted by atomic mass is 10.00. The molecule has 0 spiro atoms. The van der Waals surface area contributed by atoms with Gasteiger partial charge in [0.2, 0.25) is 11.5 Å². The molecule has 0 heterocycles. The average Bonchev–Trinajstić information content (AvgIpc) is 2.63. The molecule has 0 bridgehead atoms. The fourth-order valence-electron chi connectivity index (χ4n) is 2.55. The number of carbonyl (C=O) groups is 1. The Hall–Kier alpha value is -2.37. The number of allylic oxidation sites excluding steroid dienone is 1. The van der Waals surface area contributed by atoms with E-state index in [4.69, 9.17) is 23.7 Å². The molecule has 0 saturated carbocycles. The molecule has 0 saturated heterocycles. The summed E-state index contributed by atoms with van der Waals surface area (Å²) >= 11 is 0. The van der Waals surface area contributed by atoms with Gasteiger partial charge in [-0.15, -0.1) is 0 Å². The maximum absolute atomic E-state index is 11.9. The van der Waals surface area contributed by atoms with Crippen molar-refractivity contribution in [2.45, 2.75) is 33.6 Å². The summed E-state index contributed by atoms with van der Waals surface area (Å²) in [5.74, 6) is 1.76. The molecule has 0 aliphatic rings. The molecule has 140 valence electrons. The zero-order valence-electron chi connectivity index (χ0n) is 16.1. The van der Waals surface area contributed by atoms with E-state index in [1.807, 2.05) is 19.9 Å². The van der Waals surface area contributed by atoms with E-state index in [9.17, 15) is 4.79 Å². The number of carbonyl (C=O) groups excluding carboxylic acids is 1. The van der Waals surface area contributed by atoms with Crippen LogP contribution in [0.4, 0.5) is 0 Å². The molecule has 6 nitrogen and oxygen atoms in total. The Labute approximate surface area is 149 Å². The smallest absolute Gasteiger partial charge is 0.333 e. The number of esters is 1. The highest BCUT2D eigenvalue weighted by Gasteiger charge is 2.24. The van der Waals surface area contributed by atoms with Gasteiger partial charge in [-0.2, -0.15) is 0 Å². The molecule has 25 heavy (non-hydrogen) atoms. The SMILES string of the molecule is CCCOC(=O)/C(C)=C/Cc1c(C)c(OC)c(OC)c(OC)c1OC. The molecule has 0 aliphatic heterocycles. The van der Waals surface area contributed by atoms with Gasteiger partial charge in [0.25, 0.3) is 0 Å². The van der Waals surface area contributed by atoms with Crippen molar-refractivity contribution < 1.29 is 28.5 Å². The molecule has 0 N–H and O–H groups in total. The van der Waals surface area contributed by atoms with Crippen LogP contribution in [-0.2, 0) is 16.0 Å². The van der Waals surface area contributed by atoms with Gasteiger partial charge in [-0.05, 0) is 26.7 Å². The van der Waals surface area contributed by atoms with Crippen molar-refractivity contribution in [1.82, 2.24) is 0 Å². The van der Waals surface area contributed by atoms with E-state index < -0.39 is 0 Å². The summed E-state index contributed by atoms with van der Waals surface area (Å²) in [5.41, 5.74) is 2.27. The topological polar surface area (TPSA) is 63.2 Å². The monoisotopic (exact) mass is 352 g/mol. The van der Waals surface area contributed by atoms with Crippen LogP contribution in [0.15, 0.2) is 11.6 Å². The summed E-state index contributed by atoms with van der Waals surface area (Å²) in [6, 6.07) is 0. The molecule has 1 rings (SSSR count). The van der Waals surface area contributed by atoms with Gasteiger partial charge in [0.1, 0.15) is 0 Å². The van der Waals surface area contributed by atoms with E-state index in [0.29, 0.717) is 41.6 Å². The van der Waals surface area contributed by atoms with Crippen LogP contribution in [0.5, 0.6) is 23.0 Å². The predicted octanol–water partition coefficient (Wildman–Crippen LogP) is 3.47. The lowest BCUT2D eigenvalue weighted by molar-refractivity contribution is -0.138. The molecule has 0 aliphatic carbocycles. The second-order valence-electron chi connectivity index (χ2n) is 5.46. The van der Waals surface area contributed by atoms with Crippen LogP contribution < -0.4 is 18.9 Å². The third-order valence-corrected chi connectivity index (χ3v) is 3.87. The van der Waals surface area contributed by atoms with E-state index in [2.05, 4.69) is 0 Å². The summed E-state index contributed by atoms with van der Waals surface area (Å²) in [7, 11) is 6.23. The quantitative estimate of drug-likeness (QED) is 0.501. The first-order chi connectivity index (χ1) is 12.0. The Balaban J connectivity index is 3.33. The van der Waals surface area contributed by atoms with Crippen LogP contribution >= 0.6 is 0 Å². The number of benzene rings is 1. The number of methoxy groups -OCH3 is 4. The van der Waals surface area contributed by atoms with Crippen molar-refractivity contribution in [2.75, 3.05) is 35.0 Å². The van der Waals surface area contributed by atoms with E-state index >= 15 is 0 Å². The van der Waals surface area contributed by atoms with Gasteiger partial charge in [0, 0.05) is 16.7 Å². The number of hydrogen-bond donors (Lipinski definition) is 0. The van der Waals surface area contributed by atoms with Crippen LogP contribution in [0.3, 0.4) is 0 Å². The van der Waals surface area contributed by atoms with Gasteiger partial charge >= 0.3 is 5.97 Å². The molecule has 0 radical (unpaired) electrons. The molecular weight excluding hydrogens is 324 g/mol. The third kappa shape index (κ3) is 4.59. The standard InChI is InChI=1S/C19H28O6/c1-8-11-25-19(20)12(2)9-10-14-13(3)15(21-4)17(23-6)18(24-7)16(14)22-5/h9H,8,10-11H2,1-7H3/b12-9+. The molecule has 0 atom stereocenters. The fraction of sp³-hybridized carbons (Fsp3) is 0.526. The van der Waals surface area contributed by atoms with Gasteiger partial charge in [-0.1, -0.05) is 13.0 Å². The van der Waals surface area contributed by atoms with Crippen molar-refractivity contribution in [3.05, 3.63) is 22.8 Å².